The van der Waals surface area contributed by atoms with Gasteiger partial charge in [0, 0.05) is 22.6 Å². The molecule has 0 aliphatic heterocycles. The molecule has 0 aliphatic rings. The fourth-order valence-corrected chi connectivity index (χ4v) is 2.40. The van der Waals surface area contributed by atoms with Gasteiger partial charge in [-0.15, -0.1) is 0 Å². The number of nitrogens with one attached hydrogen (secondary N) is 1. The minimum Gasteiger partial charge on any atom is -0.508 e. The molecule has 0 fully saturated rings. The van der Waals surface area contributed by atoms with E-state index in [0.717, 1.165) is 21.3 Å². The SMILES string of the molecule is COc1cccc([C@@H](C)NCc2cc(Br)ccc2O)c1. The summed E-state index contributed by atoms with van der Waals surface area (Å²) in [6.07, 6.45) is 0. The van der Waals surface area contributed by atoms with Crippen LogP contribution in [0.25, 0.3) is 0 Å². The topological polar surface area (TPSA) is 41.5 Å². The Morgan fingerprint density at radius 3 is 2.80 bits per heavy atom. The largest absolute Gasteiger partial charge is 0.508 e. The Balaban J connectivity index is 2.04. The molecule has 0 bridgehead atoms. The molecular weight excluding hydrogens is 318 g/mol. The number of phenolic OH excluding ortho intramolecular Hbond substituents is 1. The van der Waals surface area contributed by atoms with E-state index in [1.807, 2.05) is 30.3 Å². The average molecular weight is 336 g/mol. The molecule has 0 radical (unpaired) electrons. The Kier molecular flexibility index (Phi) is 5.04. The number of halogens is 1. The first-order valence-corrected chi connectivity index (χ1v) is 7.24. The first kappa shape index (κ1) is 14.9. The number of aromatic hydroxyl groups is 1. The molecule has 2 N–H and O–H groups in total. The van der Waals surface area contributed by atoms with E-state index in [0.29, 0.717) is 12.3 Å². The lowest BCUT2D eigenvalue weighted by Gasteiger charge is -2.16. The summed E-state index contributed by atoms with van der Waals surface area (Å²) in [5.74, 6) is 1.15. The van der Waals surface area contributed by atoms with Gasteiger partial charge in [0.25, 0.3) is 0 Å². The van der Waals surface area contributed by atoms with E-state index < -0.39 is 0 Å². The van der Waals surface area contributed by atoms with Crippen LogP contribution in [-0.4, -0.2) is 12.2 Å². The molecule has 2 aromatic carbocycles. The molecule has 0 unspecified atom stereocenters. The van der Waals surface area contributed by atoms with Crippen molar-refractivity contribution in [3.8, 4) is 11.5 Å². The van der Waals surface area contributed by atoms with Crippen molar-refractivity contribution in [1.82, 2.24) is 5.32 Å². The van der Waals surface area contributed by atoms with Gasteiger partial charge in [0.05, 0.1) is 7.11 Å². The van der Waals surface area contributed by atoms with E-state index in [4.69, 9.17) is 4.74 Å². The molecular formula is C16H18BrNO2. The summed E-state index contributed by atoms with van der Waals surface area (Å²) in [5.41, 5.74) is 2.02. The molecule has 1 atom stereocenters. The summed E-state index contributed by atoms with van der Waals surface area (Å²) in [5, 5.41) is 13.2. The van der Waals surface area contributed by atoms with Crippen LogP contribution in [0.3, 0.4) is 0 Å². The van der Waals surface area contributed by atoms with E-state index in [-0.39, 0.29) is 6.04 Å². The number of hydrogen-bond acceptors (Lipinski definition) is 3. The van der Waals surface area contributed by atoms with Gasteiger partial charge in [0.2, 0.25) is 0 Å². The normalized spacial score (nSPS) is 12.2. The van der Waals surface area contributed by atoms with E-state index in [1.54, 1.807) is 13.2 Å². The van der Waals surface area contributed by atoms with Gasteiger partial charge in [-0.2, -0.15) is 0 Å². The Hall–Kier alpha value is -1.52. The lowest BCUT2D eigenvalue weighted by molar-refractivity contribution is 0.413. The van der Waals surface area contributed by atoms with Crippen LogP contribution in [0, 0.1) is 0 Å². The van der Waals surface area contributed by atoms with Crippen molar-refractivity contribution in [2.45, 2.75) is 19.5 Å². The third-order valence-corrected chi connectivity index (χ3v) is 3.73. The van der Waals surface area contributed by atoms with Crippen molar-refractivity contribution in [2.75, 3.05) is 7.11 Å². The molecule has 0 saturated heterocycles. The third kappa shape index (κ3) is 3.74. The van der Waals surface area contributed by atoms with Gasteiger partial charge in [-0.05, 0) is 42.8 Å². The molecule has 0 amide bonds. The van der Waals surface area contributed by atoms with Crippen molar-refractivity contribution >= 4 is 15.9 Å². The first-order chi connectivity index (χ1) is 9.60. The van der Waals surface area contributed by atoms with Gasteiger partial charge in [0.15, 0.2) is 0 Å². The molecule has 106 valence electrons. The monoisotopic (exact) mass is 335 g/mol. The van der Waals surface area contributed by atoms with Gasteiger partial charge in [0.1, 0.15) is 11.5 Å². The molecule has 2 aromatic rings. The molecule has 0 spiro atoms. The van der Waals surface area contributed by atoms with Gasteiger partial charge in [-0.1, -0.05) is 28.1 Å². The van der Waals surface area contributed by atoms with Crippen molar-refractivity contribution in [2.24, 2.45) is 0 Å². The Morgan fingerprint density at radius 2 is 2.05 bits per heavy atom. The fraction of sp³-hybridized carbons (Fsp3) is 0.250. The molecule has 20 heavy (non-hydrogen) atoms. The fourth-order valence-electron chi connectivity index (χ4n) is 1.99. The average Bonchev–Trinajstić information content (AvgIpc) is 2.48. The lowest BCUT2D eigenvalue weighted by Crippen LogP contribution is -2.18. The minimum absolute atomic E-state index is 0.170. The zero-order valence-electron chi connectivity index (χ0n) is 11.6. The van der Waals surface area contributed by atoms with Crippen LogP contribution in [0.4, 0.5) is 0 Å². The molecule has 4 heteroatoms. The quantitative estimate of drug-likeness (QED) is 0.867. The van der Waals surface area contributed by atoms with Crippen molar-refractivity contribution in [3.63, 3.8) is 0 Å². The predicted molar refractivity (Wildman–Crippen MR) is 84.1 cm³/mol. The van der Waals surface area contributed by atoms with Crippen LogP contribution in [-0.2, 0) is 6.54 Å². The number of phenols is 1. The number of hydrogen-bond donors (Lipinski definition) is 2. The summed E-state index contributed by atoms with van der Waals surface area (Å²) in [7, 11) is 1.66. The number of rotatable bonds is 5. The van der Waals surface area contributed by atoms with E-state index in [9.17, 15) is 5.11 Å². The summed E-state index contributed by atoms with van der Waals surface area (Å²) in [6, 6.07) is 13.6. The highest BCUT2D eigenvalue weighted by Crippen LogP contribution is 2.23. The number of methoxy groups -OCH3 is 1. The second kappa shape index (κ2) is 6.77. The van der Waals surface area contributed by atoms with Crippen LogP contribution in [0.5, 0.6) is 11.5 Å². The van der Waals surface area contributed by atoms with Crippen LogP contribution >= 0.6 is 15.9 Å². The summed E-state index contributed by atoms with van der Waals surface area (Å²) >= 11 is 3.41. The van der Waals surface area contributed by atoms with Crippen LogP contribution < -0.4 is 10.1 Å². The van der Waals surface area contributed by atoms with Crippen LogP contribution in [0.15, 0.2) is 46.9 Å². The molecule has 0 saturated carbocycles. The molecule has 0 aliphatic carbocycles. The minimum atomic E-state index is 0.170. The highest BCUT2D eigenvalue weighted by atomic mass is 79.9. The number of benzene rings is 2. The third-order valence-electron chi connectivity index (χ3n) is 3.23. The smallest absolute Gasteiger partial charge is 0.120 e. The van der Waals surface area contributed by atoms with E-state index in [1.165, 1.54) is 0 Å². The van der Waals surface area contributed by atoms with E-state index >= 15 is 0 Å². The van der Waals surface area contributed by atoms with Crippen LogP contribution in [0.2, 0.25) is 0 Å². The van der Waals surface area contributed by atoms with Gasteiger partial charge >= 0.3 is 0 Å². The Bertz CT molecular complexity index is 586. The molecule has 2 rings (SSSR count). The molecule has 0 aromatic heterocycles. The summed E-state index contributed by atoms with van der Waals surface area (Å²) in [4.78, 5) is 0. The zero-order chi connectivity index (χ0) is 14.5. The maximum Gasteiger partial charge on any atom is 0.120 e. The highest BCUT2D eigenvalue weighted by molar-refractivity contribution is 9.10. The Morgan fingerprint density at radius 1 is 1.25 bits per heavy atom. The Labute approximate surface area is 127 Å². The standard InChI is InChI=1S/C16H18BrNO2/c1-11(12-4-3-5-15(9-12)20-2)18-10-13-8-14(17)6-7-16(13)19/h3-9,11,18-19H,10H2,1-2H3/t11-/m1/s1. The molecule has 0 heterocycles. The second-order valence-electron chi connectivity index (χ2n) is 4.65. The van der Waals surface area contributed by atoms with Crippen molar-refractivity contribution < 1.29 is 9.84 Å². The van der Waals surface area contributed by atoms with Crippen molar-refractivity contribution in [3.05, 3.63) is 58.1 Å². The van der Waals surface area contributed by atoms with Crippen molar-refractivity contribution in [1.29, 1.82) is 0 Å². The van der Waals surface area contributed by atoms with Gasteiger partial charge in [-0.3, -0.25) is 0 Å². The zero-order valence-corrected chi connectivity index (χ0v) is 13.1. The lowest BCUT2D eigenvalue weighted by atomic mass is 10.1. The second-order valence-corrected chi connectivity index (χ2v) is 5.57. The summed E-state index contributed by atoms with van der Waals surface area (Å²) in [6.45, 7) is 2.69. The van der Waals surface area contributed by atoms with E-state index in [2.05, 4.69) is 34.2 Å². The molecule has 3 nitrogen and oxygen atoms in total. The van der Waals surface area contributed by atoms with Crippen LogP contribution in [0.1, 0.15) is 24.1 Å². The maximum absolute atomic E-state index is 9.82. The predicted octanol–water partition coefficient (Wildman–Crippen LogP) is 4.01. The maximum atomic E-state index is 9.82. The van der Waals surface area contributed by atoms with Gasteiger partial charge < -0.3 is 15.2 Å². The summed E-state index contributed by atoms with van der Waals surface area (Å²) < 4.78 is 6.19. The highest BCUT2D eigenvalue weighted by Gasteiger charge is 2.08. The first-order valence-electron chi connectivity index (χ1n) is 6.45. The number of ether oxygens (including phenoxy) is 1. The van der Waals surface area contributed by atoms with Gasteiger partial charge in [-0.25, -0.2) is 0 Å².